The molecule has 0 spiro atoms. The molecule has 30 heavy (non-hydrogen) atoms. The summed E-state index contributed by atoms with van der Waals surface area (Å²) in [7, 11) is 0. The van der Waals surface area contributed by atoms with Crippen molar-refractivity contribution in [2.45, 2.75) is 32.1 Å². The molecule has 0 radical (unpaired) electrons. The van der Waals surface area contributed by atoms with Crippen LogP contribution >= 0.6 is 0 Å². The van der Waals surface area contributed by atoms with E-state index in [1.54, 1.807) is 0 Å². The summed E-state index contributed by atoms with van der Waals surface area (Å²) in [5, 5.41) is 3.30. The molecule has 5 nitrogen and oxygen atoms in total. The molecule has 0 unspecified atom stereocenters. The third-order valence-corrected chi connectivity index (χ3v) is 5.46. The molecule has 1 heterocycles. The number of dihydropyridines is 1. The van der Waals surface area contributed by atoms with E-state index in [0.29, 0.717) is 17.6 Å². The first kappa shape index (κ1) is 20.0. The zero-order valence-corrected chi connectivity index (χ0v) is 17.0. The molecule has 0 saturated heterocycles. The largest absolute Gasteiger partial charge is 0.490 e. The first-order chi connectivity index (χ1) is 14.6. The average molecular weight is 403 g/mol. The van der Waals surface area contributed by atoms with Crippen molar-refractivity contribution < 1.29 is 19.1 Å². The summed E-state index contributed by atoms with van der Waals surface area (Å²) in [5.41, 5.74) is 3.79. The molecule has 0 aromatic heterocycles. The fourth-order valence-electron chi connectivity index (χ4n) is 4.12. The fourth-order valence-corrected chi connectivity index (χ4v) is 4.12. The molecule has 0 saturated carbocycles. The van der Waals surface area contributed by atoms with E-state index >= 15 is 0 Å². The number of para-hydroxylation sites is 1. The van der Waals surface area contributed by atoms with Gasteiger partial charge >= 0.3 is 5.97 Å². The van der Waals surface area contributed by atoms with E-state index in [1.165, 1.54) is 0 Å². The van der Waals surface area contributed by atoms with Crippen LogP contribution in [0.25, 0.3) is 0 Å². The van der Waals surface area contributed by atoms with Gasteiger partial charge in [0.1, 0.15) is 19.0 Å². The summed E-state index contributed by atoms with van der Waals surface area (Å²) in [6.45, 7) is 2.26. The quantitative estimate of drug-likeness (QED) is 0.576. The summed E-state index contributed by atoms with van der Waals surface area (Å²) in [5.74, 6) is 0.00378. The van der Waals surface area contributed by atoms with Gasteiger partial charge in [-0.3, -0.25) is 4.79 Å². The predicted octanol–water partition coefficient (Wildman–Crippen LogP) is 4.28. The lowest BCUT2D eigenvalue weighted by molar-refractivity contribution is -0.140. The van der Waals surface area contributed by atoms with Crippen LogP contribution in [-0.4, -0.2) is 25.0 Å². The van der Waals surface area contributed by atoms with Gasteiger partial charge in [-0.05, 0) is 37.5 Å². The number of carbonyl (C=O) groups excluding carboxylic acids is 2. The van der Waals surface area contributed by atoms with E-state index < -0.39 is 11.9 Å². The maximum Gasteiger partial charge on any atom is 0.336 e. The summed E-state index contributed by atoms with van der Waals surface area (Å²) in [6.07, 6.45) is 2.15. The molecule has 2 aromatic carbocycles. The topological polar surface area (TPSA) is 64.6 Å². The van der Waals surface area contributed by atoms with E-state index in [0.717, 1.165) is 35.5 Å². The predicted molar refractivity (Wildman–Crippen MR) is 114 cm³/mol. The zero-order valence-electron chi connectivity index (χ0n) is 17.0. The normalized spacial score (nSPS) is 18.6. The van der Waals surface area contributed by atoms with Crippen molar-refractivity contribution in [3.63, 3.8) is 0 Å². The van der Waals surface area contributed by atoms with E-state index in [2.05, 4.69) is 5.32 Å². The van der Waals surface area contributed by atoms with Gasteiger partial charge in [-0.25, -0.2) is 4.79 Å². The molecule has 1 N–H and O–H groups in total. The Bertz CT molecular complexity index is 992. The number of Topliss-reactive ketones (excluding diaryl/α,β-unsaturated/α-hetero) is 1. The van der Waals surface area contributed by atoms with Crippen molar-refractivity contribution in [2.24, 2.45) is 0 Å². The molecule has 2 aliphatic rings. The van der Waals surface area contributed by atoms with Gasteiger partial charge in [0, 0.05) is 29.3 Å². The second-order valence-corrected chi connectivity index (χ2v) is 7.47. The van der Waals surface area contributed by atoms with Gasteiger partial charge in [0.25, 0.3) is 0 Å². The lowest BCUT2D eigenvalue weighted by atomic mass is 9.75. The average Bonchev–Trinajstić information content (AvgIpc) is 2.77. The molecule has 4 rings (SSSR count). The second-order valence-electron chi connectivity index (χ2n) is 7.47. The molecule has 0 fully saturated rings. The van der Waals surface area contributed by atoms with Gasteiger partial charge in [0.15, 0.2) is 5.78 Å². The molecule has 154 valence electrons. The molecular formula is C25H25NO4. The van der Waals surface area contributed by atoms with Crippen LogP contribution in [0, 0.1) is 0 Å². The molecule has 1 aliphatic heterocycles. The van der Waals surface area contributed by atoms with Gasteiger partial charge < -0.3 is 14.8 Å². The monoisotopic (exact) mass is 403 g/mol. The maximum absolute atomic E-state index is 13.1. The van der Waals surface area contributed by atoms with Crippen molar-refractivity contribution >= 4 is 11.8 Å². The second kappa shape index (κ2) is 8.99. The van der Waals surface area contributed by atoms with E-state index in [-0.39, 0.29) is 19.0 Å². The summed E-state index contributed by atoms with van der Waals surface area (Å²) >= 11 is 0. The van der Waals surface area contributed by atoms with Crippen LogP contribution in [0.4, 0.5) is 0 Å². The molecule has 1 aliphatic carbocycles. The van der Waals surface area contributed by atoms with Gasteiger partial charge in [0.05, 0.1) is 5.57 Å². The van der Waals surface area contributed by atoms with Crippen LogP contribution < -0.4 is 10.1 Å². The lowest BCUT2D eigenvalue weighted by Crippen LogP contribution is -2.34. The summed E-state index contributed by atoms with van der Waals surface area (Å²) in [6, 6.07) is 19.1. The van der Waals surface area contributed by atoms with Crippen LogP contribution in [0.2, 0.25) is 0 Å². The zero-order chi connectivity index (χ0) is 20.9. The Hall–Kier alpha value is -3.34. The number of benzene rings is 2. The van der Waals surface area contributed by atoms with Crippen molar-refractivity contribution in [3.05, 3.63) is 88.8 Å². The number of carbonyl (C=O) groups is 2. The SMILES string of the molecule is CC1=C(C(=O)OCCOc2ccccc2)[C@H](c2ccccc2)C2=C(CCCC2=O)N1. The standard InChI is InChI=1S/C25H25NO4/c1-17-22(25(28)30-16-15-29-19-11-6-3-7-12-19)23(18-9-4-2-5-10-18)24-20(26-17)13-8-14-21(24)27/h2-7,9-12,23,26H,8,13-16H2,1H3/t23-/m0/s1. The number of allylic oxidation sites excluding steroid dienone is 3. The van der Waals surface area contributed by atoms with Crippen molar-refractivity contribution in [3.8, 4) is 5.75 Å². The Balaban J connectivity index is 1.54. The molecule has 0 bridgehead atoms. The van der Waals surface area contributed by atoms with Gasteiger partial charge in [0.2, 0.25) is 0 Å². The van der Waals surface area contributed by atoms with Crippen LogP contribution in [0.3, 0.4) is 0 Å². The Labute approximate surface area is 176 Å². The minimum atomic E-state index is -0.421. The molecule has 0 amide bonds. The summed E-state index contributed by atoms with van der Waals surface area (Å²) < 4.78 is 11.2. The maximum atomic E-state index is 13.1. The number of hydrogen-bond acceptors (Lipinski definition) is 5. The minimum Gasteiger partial charge on any atom is -0.490 e. The third-order valence-electron chi connectivity index (χ3n) is 5.46. The highest BCUT2D eigenvalue weighted by atomic mass is 16.6. The molecular weight excluding hydrogens is 378 g/mol. The fraction of sp³-hybridized carbons (Fsp3) is 0.280. The first-order valence-electron chi connectivity index (χ1n) is 10.3. The Morgan fingerprint density at radius 1 is 1.00 bits per heavy atom. The Kier molecular flexibility index (Phi) is 5.98. The van der Waals surface area contributed by atoms with Crippen molar-refractivity contribution in [2.75, 3.05) is 13.2 Å². The molecule has 1 atom stereocenters. The molecule has 5 heteroatoms. The van der Waals surface area contributed by atoms with E-state index in [4.69, 9.17) is 9.47 Å². The van der Waals surface area contributed by atoms with E-state index in [9.17, 15) is 9.59 Å². The van der Waals surface area contributed by atoms with Crippen molar-refractivity contribution in [1.82, 2.24) is 5.32 Å². The third kappa shape index (κ3) is 4.15. The number of esters is 1. The van der Waals surface area contributed by atoms with Crippen LogP contribution in [0.5, 0.6) is 5.75 Å². The van der Waals surface area contributed by atoms with Crippen LogP contribution in [0.15, 0.2) is 83.2 Å². The number of rotatable bonds is 6. The van der Waals surface area contributed by atoms with Crippen molar-refractivity contribution in [1.29, 1.82) is 0 Å². The smallest absolute Gasteiger partial charge is 0.336 e. The van der Waals surface area contributed by atoms with Gasteiger partial charge in [-0.15, -0.1) is 0 Å². The molecule has 2 aromatic rings. The number of hydrogen-bond donors (Lipinski definition) is 1. The highest BCUT2D eigenvalue weighted by Crippen LogP contribution is 2.42. The van der Waals surface area contributed by atoms with Gasteiger partial charge in [-0.1, -0.05) is 48.5 Å². The lowest BCUT2D eigenvalue weighted by Gasteiger charge is -2.34. The number of ketones is 1. The number of nitrogens with one attached hydrogen (secondary N) is 1. The summed E-state index contributed by atoms with van der Waals surface area (Å²) in [4.78, 5) is 25.9. The van der Waals surface area contributed by atoms with E-state index in [1.807, 2.05) is 67.6 Å². The van der Waals surface area contributed by atoms with Crippen LogP contribution in [0.1, 0.15) is 37.7 Å². The van der Waals surface area contributed by atoms with Gasteiger partial charge in [-0.2, -0.15) is 0 Å². The Morgan fingerprint density at radius 2 is 1.70 bits per heavy atom. The first-order valence-corrected chi connectivity index (χ1v) is 10.3. The van der Waals surface area contributed by atoms with Crippen LogP contribution in [-0.2, 0) is 14.3 Å². The highest BCUT2D eigenvalue weighted by molar-refractivity contribution is 6.03. The highest BCUT2D eigenvalue weighted by Gasteiger charge is 2.38. The Morgan fingerprint density at radius 3 is 2.43 bits per heavy atom. The number of ether oxygens (including phenoxy) is 2. The minimum absolute atomic E-state index is 0.0998.